The third kappa shape index (κ3) is 1.79. The van der Waals surface area contributed by atoms with Crippen LogP contribution >= 0.6 is 0 Å². The molecule has 1 atom stereocenters. The molecular weight excluding hydrogens is 236 g/mol. The summed E-state index contributed by atoms with van der Waals surface area (Å²) in [4.78, 5) is 17.4. The van der Waals surface area contributed by atoms with E-state index in [1.165, 1.54) is 31.5 Å². The molecule has 1 aromatic carbocycles. The molecule has 5 rings (SSSR count). The molecule has 0 N–H and O–H groups in total. The Hall–Kier alpha value is -1.35. The van der Waals surface area contributed by atoms with Gasteiger partial charge >= 0.3 is 0 Å². The lowest BCUT2D eigenvalue weighted by Gasteiger charge is -2.50. The van der Waals surface area contributed by atoms with Crippen molar-refractivity contribution >= 4 is 5.91 Å². The van der Waals surface area contributed by atoms with Crippen LogP contribution in [0.3, 0.4) is 0 Å². The highest BCUT2D eigenvalue weighted by atomic mass is 16.2. The minimum absolute atomic E-state index is 0.264. The summed E-state index contributed by atoms with van der Waals surface area (Å²) >= 11 is 0. The van der Waals surface area contributed by atoms with Gasteiger partial charge in [0.05, 0.1) is 0 Å². The number of carbonyl (C=O) groups is 1. The van der Waals surface area contributed by atoms with Gasteiger partial charge in [0.2, 0.25) is 0 Å². The highest BCUT2D eigenvalue weighted by Crippen LogP contribution is 2.33. The number of hydrogen-bond donors (Lipinski definition) is 0. The maximum Gasteiger partial charge on any atom is 0.254 e. The molecule has 0 aliphatic carbocycles. The average Bonchev–Trinajstić information content (AvgIpc) is 2.49. The fourth-order valence-electron chi connectivity index (χ4n) is 4.05. The van der Waals surface area contributed by atoms with Crippen molar-refractivity contribution in [3.8, 4) is 0 Å². The van der Waals surface area contributed by atoms with Crippen molar-refractivity contribution < 1.29 is 4.79 Å². The number of carbonyl (C=O) groups excluding carboxylic acids is 1. The maximum absolute atomic E-state index is 12.7. The summed E-state index contributed by atoms with van der Waals surface area (Å²) in [5.74, 6) is 1.000. The number of fused-ring (bicyclic) bond motifs is 4. The molecule has 0 saturated carbocycles. The van der Waals surface area contributed by atoms with Gasteiger partial charge in [0.15, 0.2) is 0 Å². The molecule has 0 spiro atoms. The number of nitrogens with zero attached hydrogens (tertiary/aromatic N) is 2. The van der Waals surface area contributed by atoms with Crippen LogP contribution in [0.5, 0.6) is 0 Å². The summed E-state index contributed by atoms with van der Waals surface area (Å²) in [6.45, 7) is 4.48. The first kappa shape index (κ1) is 11.5. The standard InChI is InChI=1S/C16H20N2O/c19-16-14-4-2-1-3-12(14)7-10-18(16)15-11-17-8-5-13(15)6-9-17/h1-4,13,15H,5-11H2/t15-/m1/s1. The zero-order valence-corrected chi connectivity index (χ0v) is 11.2. The van der Waals surface area contributed by atoms with Crippen LogP contribution in [0.2, 0.25) is 0 Å². The molecule has 2 bridgehead atoms. The molecule has 0 aromatic heterocycles. The molecule has 4 aliphatic rings. The summed E-state index contributed by atoms with van der Waals surface area (Å²) in [5, 5.41) is 0. The molecule has 3 nitrogen and oxygen atoms in total. The van der Waals surface area contributed by atoms with E-state index in [0.717, 1.165) is 31.0 Å². The summed E-state index contributed by atoms with van der Waals surface area (Å²) in [7, 11) is 0. The fraction of sp³-hybridized carbons (Fsp3) is 0.562. The molecule has 100 valence electrons. The van der Waals surface area contributed by atoms with E-state index in [4.69, 9.17) is 0 Å². The van der Waals surface area contributed by atoms with Crippen LogP contribution in [0, 0.1) is 5.92 Å². The van der Waals surface area contributed by atoms with E-state index in [-0.39, 0.29) is 5.91 Å². The first-order chi connectivity index (χ1) is 9.33. The van der Waals surface area contributed by atoms with Gasteiger partial charge in [0, 0.05) is 24.7 Å². The molecule has 3 saturated heterocycles. The lowest BCUT2D eigenvalue weighted by molar-refractivity contribution is 0.00607. The van der Waals surface area contributed by atoms with Crippen LogP contribution in [0.15, 0.2) is 24.3 Å². The predicted molar refractivity (Wildman–Crippen MR) is 74.1 cm³/mol. The van der Waals surface area contributed by atoms with Crippen molar-refractivity contribution in [1.82, 2.24) is 9.80 Å². The Balaban J connectivity index is 1.62. The van der Waals surface area contributed by atoms with Crippen LogP contribution in [-0.4, -0.2) is 47.9 Å². The Morgan fingerprint density at radius 3 is 2.58 bits per heavy atom. The van der Waals surface area contributed by atoms with Crippen LogP contribution in [-0.2, 0) is 6.42 Å². The van der Waals surface area contributed by atoms with Crippen LogP contribution in [0.25, 0.3) is 0 Å². The molecule has 4 heterocycles. The van der Waals surface area contributed by atoms with Crippen LogP contribution < -0.4 is 0 Å². The molecule has 0 unspecified atom stereocenters. The minimum atomic E-state index is 0.264. The molecule has 1 amide bonds. The van der Waals surface area contributed by atoms with Crippen molar-refractivity contribution in [2.24, 2.45) is 5.92 Å². The Kier molecular flexibility index (Phi) is 2.62. The van der Waals surface area contributed by atoms with E-state index in [1.54, 1.807) is 0 Å². The molecule has 1 aromatic rings. The summed E-state index contributed by atoms with van der Waals surface area (Å²) < 4.78 is 0. The molecular formula is C16H20N2O. The van der Waals surface area contributed by atoms with E-state index in [9.17, 15) is 4.79 Å². The Morgan fingerprint density at radius 2 is 1.84 bits per heavy atom. The first-order valence-corrected chi connectivity index (χ1v) is 7.44. The monoisotopic (exact) mass is 256 g/mol. The molecule has 19 heavy (non-hydrogen) atoms. The zero-order valence-electron chi connectivity index (χ0n) is 11.2. The van der Waals surface area contributed by atoms with Crippen molar-refractivity contribution in [1.29, 1.82) is 0 Å². The number of benzene rings is 1. The second-order valence-corrected chi connectivity index (χ2v) is 6.11. The fourth-order valence-corrected chi connectivity index (χ4v) is 4.05. The van der Waals surface area contributed by atoms with Gasteiger partial charge in [-0.3, -0.25) is 4.79 Å². The summed E-state index contributed by atoms with van der Waals surface area (Å²) in [6, 6.07) is 8.57. The van der Waals surface area contributed by atoms with Gasteiger partial charge < -0.3 is 9.80 Å². The van der Waals surface area contributed by atoms with E-state index in [0.29, 0.717) is 6.04 Å². The molecule has 3 heteroatoms. The second kappa shape index (κ2) is 4.34. The van der Waals surface area contributed by atoms with Gasteiger partial charge in [-0.05, 0) is 49.9 Å². The number of piperidine rings is 3. The SMILES string of the molecule is O=C1c2ccccc2CCN1[C@@H]1CN2CCC1CC2. The first-order valence-electron chi connectivity index (χ1n) is 7.44. The van der Waals surface area contributed by atoms with Crippen molar-refractivity contribution in [3.05, 3.63) is 35.4 Å². The van der Waals surface area contributed by atoms with E-state index >= 15 is 0 Å². The van der Waals surface area contributed by atoms with Crippen molar-refractivity contribution in [2.45, 2.75) is 25.3 Å². The van der Waals surface area contributed by atoms with Crippen molar-refractivity contribution in [2.75, 3.05) is 26.2 Å². The largest absolute Gasteiger partial charge is 0.334 e. The molecule has 0 radical (unpaired) electrons. The third-order valence-electron chi connectivity index (χ3n) is 5.15. The van der Waals surface area contributed by atoms with Crippen LogP contribution in [0.4, 0.5) is 0 Å². The highest BCUT2D eigenvalue weighted by molar-refractivity contribution is 5.97. The van der Waals surface area contributed by atoms with Gasteiger partial charge in [-0.25, -0.2) is 0 Å². The highest BCUT2D eigenvalue weighted by Gasteiger charge is 2.40. The topological polar surface area (TPSA) is 23.6 Å². The van der Waals surface area contributed by atoms with Crippen LogP contribution in [0.1, 0.15) is 28.8 Å². The van der Waals surface area contributed by atoms with Crippen molar-refractivity contribution in [3.63, 3.8) is 0 Å². The maximum atomic E-state index is 12.7. The zero-order chi connectivity index (χ0) is 12.8. The quantitative estimate of drug-likeness (QED) is 0.764. The Morgan fingerprint density at radius 1 is 1.05 bits per heavy atom. The molecule has 4 aliphatic heterocycles. The molecule has 3 fully saturated rings. The third-order valence-corrected chi connectivity index (χ3v) is 5.15. The Bertz CT molecular complexity index is 505. The van der Waals surface area contributed by atoms with Gasteiger partial charge in [-0.1, -0.05) is 18.2 Å². The number of rotatable bonds is 1. The van der Waals surface area contributed by atoms with E-state index in [1.807, 2.05) is 18.2 Å². The predicted octanol–water partition coefficient (Wildman–Crippen LogP) is 1.78. The van der Waals surface area contributed by atoms with Gasteiger partial charge in [0.1, 0.15) is 0 Å². The second-order valence-electron chi connectivity index (χ2n) is 6.11. The lowest BCUT2D eigenvalue weighted by atomic mass is 9.82. The normalized spacial score (nSPS) is 33.4. The van der Waals surface area contributed by atoms with Gasteiger partial charge in [-0.2, -0.15) is 0 Å². The van der Waals surface area contributed by atoms with E-state index < -0.39 is 0 Å². The summed E-state index contributed by atoms with van der Waals surface area (Å²) in [5.41, 5.74) is 2.16. The number of hydrogen-bond acceptors (Lipinski definition) is 2. The van der Waals surface area contributed by atoms with Gasteiger partial charge in [0.25, 0.3) is 5.91 Å². The lowest BCUT2D eigenvalue weighted by Crippen LogP contribution is -2.59. The smallest absolute Gasteiger partial charge is 0.254 e. The van der Waals surface area contributed by atoms with E-state index in [2.05, 4.69) is 15.9 Å². The van der Waals surface area contributed by atoms with Gasteiger partial charge in [-0.15, -0.1) is 0 Å². The number of amides is 1. The summed E-state index contributed by atoms with van der Waals surface area (Å²) in [6.07, 6.45) is 3.57. The Labute approximate surface area is 114 Å². The average molecular weight is 256 g/mol. The minimum Gasteiger partial charge on any atom is -0.334 e.